The first-order valence-electron chi connectivity index (χ1n) is 7.52. The molecule has 0 aliphatic rings. The fourth-order valence-corrected chi connectivity index (χ4v) is 4.52. The van der Waals surface area contributed by atoms with E-state index in [1.54, 1.807) is 18.2 Å². The molecule has 7 heteroatoms. The summed E-state index contributed by atoms with van der Waals surface area (Å²) in [6.45, 7) is 0. The van der Waals surface area contributed by atoms with E-state index in [4.69, 9.17) is 23.2 Å². The molecule has 0 aliphatic heterocycles. The van der Waals surface area contributed by atoms with Gasteiger partial charge in [-0.3, -0.25) is 9.36 Å². The van der Waals surface area contributed by atoms with Crippen molar-refractivity contribution in [1.29, 1.82) is 0 Å². The zero-order valence-electron chi connectivity index (χ0n) is 13.5. The van der Waals surface area contributed by atoms with Gasteiger partial charge < -0.3 is 4.90 Å². The van der Waals surface area contributed by atoms with Gasteiger partial charge in [0, 0.05) is 39.9 Å². The van der Waals surface area contributed by atoms with Gasteiger partial charge in [0.2, 0.25) is 0 Å². The summed E-state index contributed by atoms with van der Waals surface area (Å²) in [4.78, 5) is 19.6. The number of hydrogen-bond acceptors (Lipinski definition) is 4. The summed E-state index contributed by atoms with van der Waals surface area (Å²) in [5, 5.41) is 1.95. The van der Waals surface area contributed by atoms with Crippen LogP contribution in [-0.4, -0.2) is 23.6 Å². The highest BCUT2D eigenvalue weighted by Crippen LogP contribution is 2.36. The van der Waals surface area contributed by atoms with Gasteiger partial charge in [-0.15, -0.1) is 11.3 Å². The topological polar surface area (TPSA) is 38.1 Å². The van der Waals surface area contributed by atoms with Gasteiger partial charge in [0.15, 0.2) is 0 Å². The van der Waals surface area contributed by atoms with E-state index < -0.39 is 0 Å². The number of aromatic nitrogens is 2. The van der Waals surface area contributed by atoms with Crippen LogP contribution in [0.3, 0.4) is 0 Å². The Morgan fingerprint density at radius 2 is 1.84 bits per heavy atom. The van der Waals surface area contributed by atoms with E-state index in [2.05, 4.69) is 4.98 Å². The van der Waals surface area contributed by atoms with E-state index >= 15 is 0 Å². The zero-order chi connectivity index (χ0) is 17.7. The third-order valence-corrected chi connectivity index (χ3v) is 5.56. The van der Waals surface area contributed by atoms with Gasteiger partial charge in [0.05, 0.1) is 11.2 Å². The van der Waals surface area contributed by atoms with Gasteiger partial charge in [0.25, 0.3) is 5.56 Å². The molecule has 0 bridgehead atoms. The Labute approximate surface area is 157 Å². The summed E-state index contributed by atoms with van der Waals surface area (Å²) in [5.41, 5.74) is 2.23. The van der Waals surface area contributed by atoms with E-state index in [1.165, 1.54) is 22.2 Å². The van der Waals surface area contributed by atoms with Crippen molar-refractivity contribution in [3.8, 4) is 5.69 Å². The fraction of sp³-hybridized carbons (Fsp3) is 0.111. The van der Waals surface area contributed by atoms with E-state index in [1.807, 2.05) is 37.2 Å². The molecule has 0 atom stereocenters. The van der Waals surface area contributed by atoms with E-state index in [0.29, 0.717) is 20.4 Å². The second kappa shape index (κ2) is 6.02. The molecule has 126 valence electrons. The van der Waals surface area contributed by atoms with E-state index in [0.717, 1.165) is 21.3 Å². The van der Waals surface area contributed by atoms with Crippen molar-refractivity contribution in [3.63, 3.8) is 0 Å². The van der Waals surface area contributed by atoms with Gasteiger partial charge in [0.1, 0.15) is 11.0 Å². The standard InChI is InChI=1S/C18H13Cl2N3OS/c1-22(2)13-4-3-5-14-15(13)16-17(25-14)18(24)23(9-21-16)12-7-10(19)6-11(20)8-12/h3-9H,1-2H3. The maximum absolute atomic E-state index is 13.0. The Balaban J connectivity index is 2.05. The summed E-state index contributed by atoms with van der Waals surface area (Å²) in [6.07, 6.45) is 1.53. The molecule has 2 aromatic heterocycles. The molecule has 0 fully saturated rings. The molecule has 0 N–H and O–H groups in total. The lowest BCUT2D eigenvalue weighted by atomic mass is 10.2. The van der Waals surface area contributed by atoms with Crippen LogP contribution in [0.15, 0.2) is 47.5 Å². The molecule has 4 nitrogen and oxygen atoms in total. The highest BCUT2D eigenvalue weighted by atomic mass is 35.5. The number of thiophene rings is 1. The Kier molecular flexibility index (Phi) is 3.95. The molecule has 25 heavy (non-hydrogen) atoms. The van der Waals surface area contributed by atoms with Gasteiger partial charge >= 0.3 is 0 Å². The first-order valence-corrected chi connectivity index (χ1v) is 9.09. The van der Waals surface area contributed by atoms with Crippen molar-refractivity contribution < 1.29 is 0 Å². The van der Waals surface area contributed by atoms with Crippen molar-refractivity contribution in [2.24, 2.45) is 0 Å². The monoisotopic (exact) mass is 389 g/mol. The lowest BCUT2D eigenvalue weighted by Crippen LogP contribution is -2.17. The maximum Gasteiger partial charge on any atom is 0.275 e. The summed E-state index contributed by atoms with van der Waals surface area (Å²) < 4.78 is 3.13. The predicted molar refractivity (Wildman–Crippen MR) is 107 cm³/mol. The normalized spacial score (nSPS) is 11.4. The van der Waals surface area contributed by atoms with Gasteiger partial charge in [-0.1, -0.05) is 29.3 Å². The molecule has 2 heterocycles. The number of halogens is 2. The minimum Gasteiger partial charge on any atom is -0.377 e. The van der Waals surface area contributed by atoms with Gasteiger partial charge in [-0.25, -0.2) is 4.98 Å². The zero-order valence-corrected chi connectivity index (χ0v) is 15.8. The maximum atomic E-state index is 13.0. The lowest BCUT2D eigenvalue weighted by Gasteiger charge is -2.13. The number of anilines is 1. The molecule has 0 amide bonds. The summed E-state index contributed by atoms with van der Waals surface area (Å²) in [7, 11) is 3.96. The average molecular weight is 390 g/mol. The average Bonchev–Trinajstić information content (AvgIpc) is 2.93. The Bertz CT molecular complexity index is 1160. The molecule has 0 saturated carbocycles. The molecular weight excluding hydrogens is 377 g/mol. The highest BCUT2D eigenvalue weighted by Gasteiger charge is 2.16. The SMILES string of the molecule is CN(C)c1cccc2sc3c(=O)n(-c4cc(Cl)cc(Cl)c4)cnc3c12. The number of nitrogens with zero attached hydrogens (tertiary/aromatic N) is 3. The van der Waals surface area contributed by atoms with Crippen LogP contribution >= 0.6 is 34.5 Å². The van der Waals surface area contributed by atoms with Crippen LogP contribution in [-0.2, 0) is 0 Å². The van der Waals surface area contributed by atoms with Crippen LogP contribution in [0.1, 0.15) is 0 Å². The van der Waals surface area contributed by atoms with Crippen molar-refractivity contribution in [2.75, 3.05) is 19.0 Å². The first-order chi connectivity index (χ1) is 12.0. The van der Waals surface area contributed by atoms with E-state index in [9.17, 15) is 4.79 Å². The van der Waals surface area contributed by atoms with Crippen LogP contribution in [0.4, 0.5) is 5.69 Å². The third-order valence-electron chi connectivity index (χ3n) is 3.99. The van der Waals surface area contributed by atoms with Gasteiger partial charge in [-0.2, -0.15) is 0 Å². The summed E-state index contributed by atoms with van der Waals surface area (Å²) >= 11 is 13.6. The first kappa shape index (κ1) is 16.4. The summed E-state index contributed by atoms with van der Waals surface area (Å²) in [5.74, 6) is 0. The predicted octanol–water partition coefficient (Wildman–Crippen LogP) is 4.97. The number of hydrogen-bond donors (Lipinski definition) is 0. The molecule has 2 aromatic carbocycles. The molecular formula is C18H13Cl2N3OS. The number of fused-ring (bicyclic) bond motifs is 3. The lowest BCUT2D eigenvalue weighted by molar-refractivity contribution is 0.968. The second-order valence-corrected chi connectivity index (χ2v) is 7.80. The Morgan fingerprint density at radius 3 is 2.52 bits per heavy atom. The van der Waals surface area contributed by atoms with Crippen LogP contribution in [0.2, 0.25) is 10.0 Å². The van der Waals surface area contributed by atoms with E-state index in [-0.39, 0.29) is 5.56 Å². The largest absolute Gasteiger partial charge is 0.377 e. The molecule has 0 spiro atoms. The second-order valence-electron chi connectivity index (χ2n) is 5.87. The Morgan fingerprint density at radius 1 is 1.12 bits per heavy atom. The smallest absolute Gasteiger partial charge is 0.275 e. The van der Waals surface area contributed by atoms with Crippen LogP contribution in [0.25, 0.3) is 26.0 Å². The van der Waals surface area contributed by atoms with Crippen molar-refractivity contribution in [2.45, 2.75) is 0 Å². The number of rotatable bonds is 2. The Hall–Kier alpha value is -2.08. The number of benzene rings is 2. The molecule has 4 rings (SSSR count). The third kappa shape index (κ3) is 2.68. The van der Waals surface area contributed by atoms with Crippen LogP contribution < -0.4 is 10.5 Å². The fourth-order valence-electron chi connectivity index (χ4n) is 2.89. The minimum atomic E-state index is -0.130. The molecule has 4 aromatic rings. The molecule has 0 saturated heterocycles. The van der Waals surface area contributed by atoms with Gasteiger partial charge in [-0.05, 0) is 30.3 Å². The minimum absolute atomic E-state index is 0.130. The molecule has 0 aliphatic carbocycles. The van der Waals surface area contributed by atoms with Crippen LogP contribution in [0, 0.1) is 0 Å². The van der Waals surface area contributed by atoms with Crippen molar-refractivity contribution >= 4 is 60.5 Å². The van der Waals surface area contributed by atoms with Crippen molar-refractivity contribution in [3.05, 3.63) is 63.1 Å². The highest BCUT2D eigenvalue weighted by molar-refractivity contribution is 7.25. The molecule has 0 unspecified atom stereocenters. The van der Waals surface area contributed by atoms with Crippen molar-refractivity contribution in [1.82, 2.24) is 9.55 Å². The molecule has 0 radical (unpaired) electrons. The summed E-state index contributed by atoms with van der Waals surface area (Å²) in [6, 6.07) is 11.0. The quantitative estimate of drug-likeness (QED) is 0.485. The van der Waals surface area contributed by atoms with Crippen LogP contribution in [0.5, 0.6) is 0 Å².